The lowest BCUT2D eigenvalue weighted by molar-refractivity contribution is 0.122. The van der Waals surface area contributed by atoms with Crippen LogP contribution in [0.4, 0.5) is 0 Å². The van der Waals surface area contributed by atoms with Crippen molar-refractivity contribution in [2.24, 2.45) is 0 Å². The van der Waals surface area contributed by atoms with Gasteiger partial charge in [0.2, 0.25) is 0 Å². The second-order valence-corrected chi connectivity index (χ2v) is 3.05. The fourth-order valence-electron chi connectivity index (χ4n) is 1.20. The van der Waals surface area contributed by atoms with Crippen molar-refractivity contribution < 1.29 is 4.74 Å². The van der Waals surface area contributed by atoms with Gasteiger partial charge in [0.25, 0.3) is 0 Å². The van der Waals surface area contributed by atoms with Crippen molar-refractivity contribution in [3.8, 4) is 0 Å². The van der Waals surface area contributed by atoms with Crippen LogP contribution in [0.5, 0.6) is 0 Å². The third kappa shape index (κ3) is 6.36. The van der Waals surface area contributed by atoms with Crippen LogP contribution < -0.4 is 0 Å². The van der Waals surface area contributed by atoms with E-state index in [-0.39, 0.29) is 0 Å². The zero-order valence-electron chi connectivity index (χ0n) is 7.94. The highest BCUT2D eigenvalue weighted by Crippen LogP contribution is 2.09. The summed E-state index contributed by atoms with van der Waals surface area (Å²) in [5.41, 5.74) is 0. The van der Waals surface area contributed by atoms with Gasteiger partial charge in [-0.25, -0.2) is 0 Å². The molecule has 1 unspecified atom stereocenters. The molecule has 1 radical (unpaired) electrons. The SMILES string of the molecule is [CH2]OC(CC)CCCCCC. The Morgan fingerprint density at radius 2 is 1.91 bits per heavy atom. The van der Waals surface area contributed by atoms with E-state index in [0.717, 1.165) is 6.42 Å². The molecule has 1 nitrogen and oxygen atoms in total. The zero-order valence-corrected chi connectivity index (χ0v) is 7.94. The monoisotopic (exact) mass is 157 g/mol. The summed E-state index contributed by atoms with van der Waals surface area (Å²) in [7, 11) is 3.46. The Kier molecular flexibility index (Phi) is 8.03. The van der Waals surface area contributed by atoms with Crippen LogP contribution >= 0.6 is 0 Å². The third-order valence-corrected chi connectivity index (χ3v) is 2.07. The van der Waals surface area contributed by atoms with Crippen molar-refractivity contribution >= 4 is 0 Å². The highest BCUT2D eigenvalue weighted by atomic mass is 16.5. The second-order valence-electron chi connectivity index (χ2n) is 3.05. The summed E-state index contributed by atoms with van der Waals surface area (Å²) in [4.78, 5) is 0. The predicted molar refractivity (Wildman–Crippen MR) is 49.3 cm³/mol. The van der Waals surface area contributed by atoms with E-state index in [9.17, 15) is 0 Å². The minimum Gasteiger partial charge on any atom is -0.376 e. The maximum Gasteiger partial charge on any atom is 0.0704 e. The van der Waals surface area contributed by atoms with Gasteiger partial charge in [0.05, 0.1) is 13.2 Å². The van der Waals surface area contributed by atoms with E-state index in [2.05, 4.69) is 21.0 Å². The van der Waals surface area contributed by atoms with Crippen LogP contribution in [0, 0.1) is 7.11 Å². The average Bonchev–Trinajstić information content (AvgIpc) is 2.05. The molecule has 0 N–H and O–H groups in total. The van der Waals surface area contributed by atoms with Crippen LogP contribution in [-0.4, -0.2) is 6.10 Å². The van der Waals surface area contributed by atoms with E-state index in [1.54, 1.807) is 0 Å². The molecule has 0 rings (SSSR count). The Hall–Kier alpha value is -0.0400. The first kappa shape index (κ1) is 11.0. The first-order chi connectivity index (χ1) is 5.35. The number of unbranched alkanes of at least 4 members (excludes halogenated alkanes) is 3. The quantitative estimate of drug-likeness (QED) is 0.513. The van der Waals surface area contributed by atoms with E-state index < -0.39 is 0 Å². The molecule has 1 atom stereocenters. The molecule has 0 fully saturated rings. The molecule has 0 spiro atoms. The molecule has 0 aliphatic heterocycles. The molecule has 0 aliphatic carbocycles. The minimum atomic E-state index is 0.395. The zero-order chi connectivity index (χ0) is 8.53. The molecular weight excluding hydrogens is 136 g/mol. The van der Waals surface area contributed by atoms with Crippen LogP contribution in [0.15, 0.2) is 0 Å². The number of hydrogen-bond donors (Lipinski definition) is 0. The largest absolute Gasteiger partial charge is 0.376 e. The molecule has 0 saturated carbocycles. The van der Waals surface area contributed by atoms with Crippen molar-refractivity contribution in [1.82, 2.24) is 0 Å². The molecular formula is C10H21O. The summed E-state index contributed by atoms with van der Waals surface area (Å²) >= 11 is 0. The lowest BCUT2D eigenvalue weighted by atomic mass is 10.1. The van der Waals surface area contributed by atoms with E-state index in [0.29, 0.717) is 6.10 Å². The van der Waals surface area contributed by atoms with Crippen LogP contribution in [0.1, 0.15) is 52.4 Å². The summed E-state index contributed by atoms with van der Waals surface area (Å²) in [6.07, 6.45) is 7.97. The highest BCUT2D eigenvalue weighted by molar-refractivity contribution is 4.55. The lowest BCUT2D eigenvalue weighted by Gasteiger charge is -2.11. The van der Waals surface area contributed by atoms with Gasteiger partial charge in [-0.1, -0.05) is 39.5 Å². The molecule has 0 bridgehead atoms. The predicted octanol–water partition coefficient (Wildman–Crippen LogP) is 3.54. The van der Waals surface area contributed by atoms with Crippen molar-refractivity contribution in [2.75, 3.05) is 0 Å². The first-order valence-corrected chi connectivity index (χ1v) is 4.76. The van der Waals surface area contributed by atoms with E-state index >= 15 is 0 Å². The van der Waals surface area contributed by atoms with Crippen LogP contribution in [0.25, 0.3) is 0 Å². The number of ether oxygens (including phenoxy) is 1. The van der Waals surface area contributed by atoms with Crippen LogP contribution in [-0.2, 0) is 4.74 Å². The summed E-state index contributed by atoms with van der Waals surface area (Å²) < 4.78 is 5.03. The maximum atomic E-state index is 5.03. The minimum absolute atomic E-state index is 0.395. The van der Waals surface area contributed by atoms with E-state index in [1.165, 1.54) is 32.1 Å². The van der Waals surface area contributed by atoms with Gasteiger partial charge in [-0.15, -0.1) is 0 Å². The third-order valence-electron chi connectivity index (χ3n) is 2.07. The van der Waals surface area contributed by atoms with Gasteiger partial charge < -0.3 is 4.74 Å². The second kappa shape index (κ2) is 8.06. The Bertz CT molecular complexity index is 67.3. The summed E-state index contributed by atoms with van der Waals surface area (Å²) in [6.45, 7) is 4.38. The summed E-state index contributed by atoms with van der Waals surface area (Å²) in [5.74, 6) is 0. The van der Waals surface area contributed by atoms with Gasteiger partial charge >= 0.3 is 0 Å². The van der Waals surface area contributed by atoms with Gasteiger partial charge in [0, 0.05) is 0 Å². The molecule has 1 heteroatoms. The van der Waals surface area contributed by atoms with Crippen molar-refractivity contribution in [1.29, 1.82) is 0 Å². The van der Waals surface area contributed by atoms with Crippen molar-refractivity contribution in [3.63, 3.8) is 0 Å². The molecule has 11 heavy (non-hydrogen) atoms. The molecule has 0 saturated heterocycles. The molecule has 0 aromatic heterocycles. The molecule has 0 aromatic rings. The standard InChI is InChI=1S/C10H21O/c1-4-6-7-8-9-10(5-2)11-3/h10H,3-9H2,1-2H3. The first-order valence-electron chi connectivity index (χ1n) is 4.76. The van der Waals surface area contributed by atoms with Crippen LogP contribution in [0.3, 0.4) is 0 Å². The fourth-order valence-corrected chi connectivity index (χ4v) is 1.20. The Labute approximate surface area is 71.1 Å². The summed E-state index contributed by atoms with van der Waals surface area (Å²) in [5, 5.41) is 0. The Balaban J connectivity index is 3.07. The molecule has 0 aromatic carbocycles. The number of rotatable bonds is 7. The van der Waals surface area contributed by atoms with Gasteiger partial charge in [0.15, 0.2) is 0 Å². The van der Waals surface area contributed by atoms with Gasteiger partial charge in [-0.3, -0.25) is 0 Å². The van der Waals surface area contributed by atoms with E-state index in [4.69, 9.17) is 4.74 Å². The van der Waals surface area contributed by atoms with E-state index in [1.807, 2.05) is 0 Å². The van der Waals surface area contributed by atoms with Gasteiger partial charge in [-0.05, 0) is 12.8 Å². The highest BCUT2D eigenvalue weighted by Gasteiger charge is 2.02. The number of hydrogen-bond acceptors (Lipinski definition) is 1. The average molecular weight is 157 g/mol. The molecule has 0 aliphatic rings. The van der Waals surface area contributed by atoms with Gasteiger partial charge in [0.1, 0.15) is 0 Å². The Morgan fingerprint density at radius 1 is 1.18 bits per heavy atom. The molecule has 0 heterocycles. The van der Waals surface area contributed by atoms with Crippen LogP contribution in [0.2, 0.25) is 0 Å². The topological polar surface area (TPSA) is 9.23 Å². The van der Waals surface area contributed by atoms with Crippen molar-refractivity contribution in [2.45, 2.75) is 58.5 Å². The van der Waals surface area contributed by atoms with Gasteiger partial charge in [-0.2, -0.15) is 0 Å². The lowest BCUT2D eigenvalue weighted by Crippen LogP contribution is -2.06. The maximum absolute atomic E-state index is 5.03. The fraction of sp³-hybridized carbons (Fsp3) is 0.900. The normalized spacial score (nSPS) is 13.4. The Morgan fingerprint density at radius 3 is 2.36 bits per heavy atom. The molecule has 67 valence electrons. The van der Waals surface area contributed by atoms with Crippen molar-refractivity contribution in [3.05, 3.63) is 7.11 Å². The summed E-state index contributed by atoms with van der Waals surface area (Å²) in [6, 6.07) is 0. The molecule has 0 amide bonds. The smallest absolute Gasteiger partial charge is 0.0704 e.